The van der Waals surface area contributed by atoms with E-state index < -0.39 is 89.1 Å². The number of ether oxygens (including phenoxy) is 6. The first-order chi connectivity index (χ1) is 43.2. The Hall–Kier alpha value is -7.29. The van der Waals surface area contributed by atoms with E-state index >= 15 is 4.79 Å². The molecule has 4 aromatic rings. The quantitative estimate of drug-likeness (QED) is 0.0344. The van der Waals surface area contributed by atoms with Gasteiger partial charge in [0, 0.05) is 37.7 Å². The van der Waals surface area contributed by atoms with Crippen LogP contribution in [-0.2, 0) is 44.5 Å². The van der Waals surface area contributed by atoms with Gasteiger partial charge >= 0.3 is 24.1 Å². The molecule has 2 bridgehead atoms. The summed E-state index contributed by atoms with van der Waals surface area (Å²) in [7, 11) is 0. The number of ketones is 1. The first-order valence-corrected chi connectivity index (χ1v) is 33.4. The number of amides is 1. The minimum absolute atomic E-state index is 0.0198. The number of aryl methyl sites for hydroxylation is 2. The SMILES string of the molecule is CC.CC(=O)O.CC(=O)OC1CCCC2C(=O)CC3=C(C)C(OC(=O)C(OC(=O)Oc4cc(C)c5c(c4)CCC(C)O5)C(NC(=O)c4ccccc4)c4ccccc4)CC(C(OC(=O)c4ccccc4)C12C)C3(C)C.CCCC(C)CCCC(C)CCCC(C)C. The lowest BCUT2D eigenvalue weighted by Gasteiger charge is -2.58. The fourth-order valence-corrected chi connectivity index (χ4v) is 13.8. The summed E-state index contributed by atoms with van der Waals surface area (Å²) in [4.78, 5) is 94.1. The van der Waals surface area contributed by atoms with Crippen molar-refractivity contribution >= 4 is 41.7 Å². The molecule has 2 fully saturated rings. The molecule has 1 aliphatic heterocycles. The molecular formula is C76H105NO14. The van der Waals surface area contributed by atoms with Crippen LogP contribution in [0.4, 0.5) is 4.79 Å². The van der Waals surface area contributed by atoms with Crippen molar-refractivity contribution in [2.45, 2.75) is 237 Å². The largest absolute Gasteiger partial charge is 0.514 e. The van der Waals surface area contributed by atoms with Gasteiger partial charge in [-0.15, -0.1) is 0 Å². The van der Waals surface area contributed by atoms with Crippen LogP contribution < -0.4 is 14.8 Å². The van der Waals surface area contributed by atoms with Gasteiger partial charge in [-0.1, -0.05) is 193 Å². The Balaban J connectivity index is 0.000000586. The Labute approximate surface area is 542 Å². The molecule has 4 aliphatic rings. The number of nitrogens with one attached hydrogen (secondary N) is 1. The van der Waals surface area contributed by atoms with E-state index in [1.54, 1.807) is 103 Å². The number of allylic oxidation sites excluding steroid dienone is 1. The predicted octanol–water partition coefficient (Wildman–Crippen LogP) is 17.1. The highest BCUT2D eigenvalue weighted by Gasteiger charge is 2.63. The summed E-state index contributed by atoms with van der Waals surface area (Å²) >= 11 is 0. The lowest BCUT2D eigenvalue weighted by Crippen LogP contribution is -2.62. The second-order valence-electron chi connectivity index (χ2n) is 26.5. The second-order valence-corrected chi connectivity index (χ2v) is 26.5. The number of benzene rings is 4. The molecular weight excluding hydrogens is 1150 g/mol. The van der Waals surface area contributed by atoms with Crippen LogP contribution in [0.25, 0.3) is 0 Å². The number of carbonyl (C=O) groups excluding carboxylic acids is 6. The van der Waals surface area contributed by atoms with E-state index in [2.05, 4.69) is 39.9 Å². The molecule has 1 amide bonds. The van der Waals surface area contributed by atoms with Crippen molar-refractivity contribution in [3.63, 3.8) is 0 Å². The highest BCUT2D eigenvalue weighted by Crippen LogP contribution is 2.59. The van der Waals surface area contributed by atoms with E-state index in [4.69, 9.17) is 38.3 Å². The lowest BCUT2D eigenvalue weighted by molar-refractivity contribution is -0.194. The summed E-state index contributed by atoms with van der Waals surface area (Å²) in [5.74, 6) is -1.11. The Kier molecular flexibility index (Phi) is 29.0. The lowest BCUT2D eigenvalue weighted by atomic mass is 9.50. The number of hydrogen-bond donors (Lipinski definition) is 2. The maximum absolute atomic E-state index is 15.2. The molecule has 8 rings (SSSR count). The minimum Gasteiger partial charge on any atom is -0.490 e. The summed E-state index contributed by atoms with van der Waals surface area (Å²) in [5.41, 5.74) is 2.05. The van der Waals surface area contributed by atoms with Crippen molar-refractivity contribution in [2.24, 2.45) is 40.4 Å². The zero-order valence-corrected chi connectivity index (χ0v) is 57.0. The number of Topliss-reactive ketones (excluding diaryl/α,β-unsaturated/α-hetero) is 1. The van der Waals surface area contributed by atoms with Crippen LogP contribution >= 0.6 is 0 Å². The number of esters is 3. The van der Waals surface area contributed by atoms with Crippen molar-refractivity contribution in [2.75, 3.05) is 0 Å². The molecule has 498 valence electrons. The summed E-state index contributed by atoms with van der Waals surface area (Å²) in [6, 6.07) is 27.7. The van der Waals surface area contributed by atoms with E-state index in [0.29, 0.717) is 47.9 Å². The molecule has 3 aliphatic carbocycles. The van der Waals surface area contributed by atoms with Crippen molar-refractivity contribution < 1.29 is 67.1 Å². The number of fused-ring (bicyclic) bond motifs is 4. The first-order valence-electron chi connectivity index (χ1n) is 33.4. The fraction of sp³-hybridized carbons (Fsp3) is 0.566. The van der Waals surface area contributed by atoms with E-state index in [1.165, 1.54) is 58.3 Å². The van der Waals surface area contributed by atoms with Gasteiger partial charge in [-0.2, -0.15) is 0 Å². The normalized spacial score (nSPS) is 22.5. The van der Waals surface area contributed by atoms with Gasteiger partial charge in [0.1, 0.15) is 41.6 Å². The molecule has 0 spiro atoms. The van der Waals surface area contributed by atoms with Gasteiger partial charge in [0.2, 0.25) is 6.10 Å². The Morgan fingerprint density at radius 3 is 1.89 bits per heavy atom. The topological polar surface area (TPSA) is 207 Å². The number of carboxylic acid groups (broad SMARTS) is 1. The molecule has 1 heterocycles. The number of hydrogen-bond acceptors (Lipinski definition) is 13. The van der Waals surface area contributed by atoms with Crippen molar-refractivity contribution in [1.29, 1.82) is 0 Å². The van der Waals surface area contributed by atoms with Crippen LogP contribution in [0.1, 0.15) is 230 Å². The average molecular weight is 1260 g/mol. The van der Waals surface area contributed by atoms with Crippen molar-refractivity contribution in [1.82, 2.24) is 5.32 Å². The van der Waals surface area contributed by atoms with Gasteiger partial charge in [-0.25, -0.2) is 14.4 Å². The van der Waals surface area contributed by atoms with Crippen LogP contribution in [-0.4, -0.2) is 77.3 Å². The van der Waals surface area contributed by atoms with E-state index in [-0.39, 0.29) is 30.5 Å². The van der Waals surface area contributed by atoms with Crippen LogP contribution in [0.3, 0.4) is 0 Å². The third-order valence-corrected chi connectivity index (χ3v) is 18.6. The number of aliphatic carboxylic acids is 1. The fourth-order valence-electron chi connectivity index (χ4n) is 13.8. The Morgan fingerprint density at radius 1 is 0.736 bits per heavy atom. The Morgan fingerprint density at radius 2 is 1.31 bits per heavy atom. The maximum atomic E-state index is 15.2. The molecule has 15 heteroatoms. The molecule has 11 unspecified atom stereocenters. The third-order valence-electron chi connectivity index (χ3n) is 18.6. The van der Waals surface area contributed by atoms with Crippen LogP contribution in [0.2, 0.25) is 0 Å². The van der Waals surface area contributed by atoms with Gasteiger partial charge in [0.25, 0.3) is 11.9 Å². The predicted molar refractivity (Wildman–Crippen MR) is 355 cm³/mol. The maximum Gasteiger partial charge on any atom is 0.514 e. The van der Waals surface area contributed by atoms with E-state index in [1.807, 2.05) is 55.4 Å². The number of rotatable bonds is 21. The number of carboxylic acids is 1. The van der Waals surface area contributed by atoms with Gasteiger partial charge in [-0.05, 0) is 141 Å². The van der Waals surface area contributed by atoms with E-state index in [9.17, 15) is 24.0 Å². The highest BCUT2D eigenvalue weighted by molar-refractivity contribution is 5.95. The molecule has 11 atom stereocenters. The molecule has 0 saturated heterocycles. The van der Waals surface area contributed by atoms with Gasteiger partial charge in [-0.3, -0.25) is 19.2 Å². The van der Waals surface area contributed by atoms with Crippen LogP contribution in [0, 0.1) is 47.3 Å². The van der Waals surface area contributed by atoms with Gasteiger partial charge < -0.3 is 38.8 Å². The highest BCUT2D eigenvalue weighted by atomic mass is 16.7. The van der Waals surface area contributed by atoms with Crippen molar-refractivity contribution in [3.8, 4) is 11.5 Å². The monoisotopic (exact) mass is 1260 g/mol. The molecule has 2 N–H and O–H groups in total. The molecule has 91 heavy (non-hydrogen) atoms. The summed E-state index contributed by atoms with van der Waals surface area (Å²) in [6.45, 7) is 29.8. The summed E-state index contributed by atoms with van der Waals surface area (Å²) in [5, 5.41) is 10.4. The standard InChI is InChI=1S/C56H61NO12.C16H34.C2H4O2.C2H6/c1-32-28-40(29-39-27-26-33(2)64-48(32)39)66-54(63)68-49(47(36-18-11-8-12-19-36)57-51(60)37-20-13-9-14-21-37)53(62)67-45-31-43-50(69-52(61)38-22-15-10-16-23-38)56(7)41(24-17-25-46(56)65-35(4)58)44(59)30-42(34(45)3)55(43,5)6;1-6-9-15(4)12-8-13-16(5)11-7-10-14(2)3;1-2(3)4;1-2/h8-16,18-23,28-29,33,41,43,45-47,49-50H,17,24-27,30-31H2,1-7H3,(H,57,60);14-16H,6-13H2,1-5H3;1H3,(H,3,4);1-2H3. The third kappa shape index (κ3) is 20.9. The Bertz CT molecular complexity index is 3040. The van der Waals surface area contributed by atoms with Crippen molar-refractivity contribution in [3.05, 3.63) is 142 Å². The van der Waals surface area contributed by atoms with E-state index in [0.717, 1.165) is 53.5 Å². The first kappa shape index (κ1) is 74.4. The molecule has 0 radical (unpaired) electrons. The van der Waals surface area contributed by atoms with Gasteiger partial charge in [0.05, 0.1) is 17.1 Å². The number of carbonyl (C=O) groups is 7. The average Bonchev–Trinajstić information content (AvgIpc) is 0.717. The zero-order chi connectivity index (χ0) is 67.2. The second kappa shape index (κ2) is 35.5. The zero-order valence-electron chi connectivity index (χ0n) is 57.0. The smallest absolute Gasteiger partial charge is 0.490 e. The van der Waals surface area contributed by atoms with Crippen LogP contribution in [0.5, 0.6) is 11.5 Å². The minimum atomic E-state index is -1.81. The summed E-state index contributed by atoms with van der Waals surface area (Å²) in [6.07, 6.45) is 8.81. The van der Waals surface area contributed by atoms with Crippen LogP contribution in [0.15, 0.2) is 114 Å². The molecule has 4 aromatic carbocycles. The molecule has 2 saturated carbocycles. The summed E-state index contributed by atoms with van der Waals surface area (Å²) < 4.78 is 37.1. The van der Waals surface area contributed by atoms with Gasteiger partial charge in [0.15, 0.2) is 0 Å². The molecule has 0 aromatic heterocycles. The molecule has 15 nitrogen and oxygen atoms in total.